The largest absolute Gasteiger partial charge is 0.303 e. The van der Waals surface area contributed by atoms with Gasteiger partial charge >= 0.3 is 0 Å². The minimum atomic E-state index is 0.888. The topological polar surface area (TPSA) is 3.24 Å². The van der Waals surface area contributed by atoms with Gasteiger partial charge in [-0.2, -0.15) is 0 Å². The van der Waals surface area contributed by atoms with Crippen molar-refractivity contribution < 1.29 is 0 Å². The standard InChI is InChI=1S/C15H23N/c1-2-3-10-16-11-9-15(13-16)12-14-7-5-4-6-8-14/h4-8,15H,2-3,9-13H2,1H3/t15-/m0/s1. The van der Waals surface area contributed by atoms with Gasteiger partial charge in [0.05, 0.1) is 0 Å². The van der Waals surface area contributed by atoms with Gasteiger partial charge in [-0.1, -0.05) is 43.7 Å². The van der Waals surface area contributed by atoms with Crippen LogP contribution in [-0.2, 0) is 6.42 Å². The molecule has 1 aromatic rings. The van der Waals surface area contributed by atoms with Crippen LogP contribution in [0.1, 0.15) is 31.7 Å². The Hall–Kier alpha value is -0.820. The number of benzene rings is 1. The molecule has 0 bridgehead atoms. The molecule has 1 fully saturated rings. The number of hydrogen-bond acceptors (Lipinski definition) is 1. The van der Waals surface area contributed by atoms with Crippen molar-refractivity contribution in [2.45, 2.75) is 32.6 Å². The lowest BCUT2D eigenvalue weighted by molar-refractivity contribution is 0.318. The maximum absolute atomic E-state index is 2.64. The molecule has 2 rings (SSSR count). The lowest BCUT2D eigenvalue weighted by Crippen LogP contribution is -2.22. The number of nitrogens with zero attached hydrogens (tertiary/aromatic N) is 1. The van der Waals surface area contributed by atoms with Crippen molar-refractivity contribution in [3.8, 4) is 0 Å². The molecule has 0 amide bonds. The molecule has 1 nitrogen and oxygen atoms in total. The molecule has 0 radical (unpaired) electrons. The lowest BCUT2D eigenvalue weighted by atomic mass is 9.99. The minimum absolute atomic E-state index is 0.888. The molecule has 1 atom stereocenters. The van der Waals surface area contributed by atoms with Crippen LogP contribution in [0.4, 0.5) is 0 Å². The molecule has 1 saturated heterocycles. The van der Waals surface area contributed by atoms with E-state index in [1.807, 2.05) is 0 Å². The molecular weight excluding hydrogens is 194 g/mol. The molecule has 1 heterocycles. The zero-order valence-corrected chi connectivity index (χ0v) is 10.4. The third-order valence-electron chi connectivity index (χ3n) is 3.57. The van der Waals surface area contributed by atoms with Crippen LogP contribution in [0.25, 0.3) is 0 Å². The van der Waals surface area contributed by atoms with Crippen LogP contribution in [0.15, 0.2) is 30.3 Å². The fourth-order valence-electron chi connectivity index (χ4n) is 2.61. The monoisotopic (exact) mass is 217 g/mol. The molecule has 0 spiro atoms. The Kier molecular flexibility index (Phi) is 4.41. The van der Waals surface area contributed by atoms with Crippen LogP contribution in [0.5, 0.6) is 0 Å². The smallest absolute Gasteiger partial charge is 0.00133 e. The summed E-state index contributed by atoms with van der Waals surface area (Å²) in [5.41, 5.74) is 1.50. The highest BCUT2D eigenvalue weighted by Gasteiger charge is 2.21. The molecule has 1 aliphatic heterocycles. The van der Waals surface area contributed by atoms with Gasteiger partial charge in [0, 0.05) is 6.54 Å². The Bertz CT molecular complexity index is 294. The summed E-state index contributed by atoms with van der Waals surface area (Å²) < 4.78 is 0. The Morgan fingerprint density at radius 2 is 2.06 bits per heavy atom. The fourth-order valence-corrected chi connectivity index (χ4v) is 2.61. The molecule has 16 heavy (non-hydrogen) atoms. The second-order valence-electron chi connectivity index (χ2n) is 5.00. The minimum Gasteiger partial charge on any atom is -0.303 e. The molecule has 0 N–H and O–H groups in total. The average Bonchev–Trinajstić information content (AvgIpc) is 2.75. The molecule has 0 aliphatic carbocycles. The number of unbranched alkanes of at least 4 members (excludes halogenated alkanes) is 1. The van der Waals surface area contributed by atoms with E-state index >= 15 is 0 Å². The van der Waals surface area contributed by atoms with Crippen LogP contribution < -0.4 is 0 Å². The van der Waals surface area contributed by atoms with Crippen molar-refractivity contribution in [3.05, 3.63) is 35.9 Å². The van der Waals surface area contributed by atoms with Crippen LogP contribution in [0, 0.1) is 5.92 Å². The van der Waals surface area contributed by atoms with Gasteiger partial charge in [0.15, 0.2) is 0 Å². The summed E-state index contributed by atoms with van der Waals surface area (Å²) in [4.78, 5) is 2.64. The fraction of sp³-hybridized carbons (Fsp3) is 0.600. The molecule has 0 unspecified atom stereocenters. The molecule has 1 aromatic carbocycles. The van der Waals surface area contributed by atoms with E-state index in [1.54, 1.807) is 0 Å². The Morgan fingerprint density at radius 3 is 2.81 bits per heavy atom. The van der Waals surface area contributed by atoms with Gasteiger partial charge in [0.2, 0.25) is 0 Å². The zero-order chi connectivity index (χ0) is 11.2. The van der Waals surface area contributed by atoms with E-state index < -0.39 is 0 Å². The molecule has 0 saturated carbocycles. The first kappa shape index (κ1) is 11.7. The van der Waals surface area contributed by atoms with Crippen LogP contribution in [-0.4, -0.2) is 24.5 Å². The van der Waals surface area contributed by atoms with Crippen molar-refractivity contribution in [3.63, 3.8) is 0 Å². The van der Waals surface area contributed by atoms with E-state index in [2.05, 4.69) is 42.2 Å². The van der Waals surface area contributed by atoms with E-state index in [1.165, 1.54) is 50.9 Å². The maximum atomic E-state index is 2.64. The summed E-state index contributed by atoms with van der Waals surface area (Å²) in [6.07, 6.45) is 5.33. The second-order valence-corrected chi connectivity index (χ2v) is 5.00. The van der Waals surface area contributed by atoms with Gasteiger partial charge in [-0.05, 0) is 43.8 Å². The van der Waals surface area contributed by atoms with Crippen molar-refractivity contribution in [2.75, 3.05) is 19.6 Å². The number of hydrogen-bond donors (Lipinski definition) is 0. The van der Waals surface area contributed by atoms with E-state index in [0.29, 0.717) is 0 Å². The van der Waals surface area contributed by atoms with Gasteiger partial charge in [-0.15, -0.1) is 0 Å². The summed E-state index contributed by atoms with van der Waals surface area (Å²) in [5.74, 6) is 0.888. The molecule has 0 aromatic heterocycles. The van der Waals surface area contributed by atoms with Crippen molar-refractivity contribution in [2.24, 2.45) is 5.92 Å². The van der Waals surface area contributed by atoms with E-state index in [9.17, 15) is 0 Å². The highest BCUT2D eigenvalue weighted by molar-refractivity contribution is 5.15. The third-order valence-corrected chi connectivity index (χ3v) is 3.57. The first-order valence-corrected chi connectivity index (χ1v) is 6.64. The molecule has 88 valence electrons. The van der Waals surface area contributed by atoms with Crippen molar-refractivity contribution >= 4 is 0 Å². The highest BCUT2D eigenvalue weighted by Crippen LogP contribution is 2.20. The zero-order valence-electron chi connectivity index (χ0n) is 10.4. The SMILES string of the molecule is CCCCN1CC[C@@H](Cc2ccccc2)C1. The maximum Gasteiger partial charge on any atom is 0.00133 e. The Balaban J connectivity index is 1.76. The summed E-state index contributed by atoms with van der Waals surface area (Å²) in [5, 5.41) is 0. The average molecular weight is 217 g/mol. The van der Waals surface area contributed by atoms with Crippen LogP contribution >= 0.6 is 0 Å². The van der Waals surface area contributed by atoms with Gasteiger partial charge in [0.1, 0.15) is 0 Å². The number of likely N-dealkylation sites (tertiary alicyclic amines) is 1. The normalized spacial score (nSPS) is 21.4. The van der Waals surface area contributed by atoms with Gasteiger partial charge in [-0.3, -0.25) is 0 Å². The van der Waals surface area contributed by atoms with E-state index in [0.717, 1.165) is 5.92 Å². The summed E-state index contributed by atoms with van der Waals surface area (Å²) >= 11 is 0. The van der Waals surface area contributed by atoms with Gasteiger partial charge in [0.25, 0.3) is 0 Å². The predicted octanol–water partition coefficient (Wildman–Crippen LogP) is 3.35. The summed E-state index contributed by atoms with van der Waals surface area (Å²) in [7, 11) is 0. The lowest BCUT2D eigenvalue weighted by Gasteiger charge is -2.15. The third kappa shape index (κ3) is 3.34. The van der Waals surface area contributed by atoms with Crippen molar-refractivity contribution in [1.29, 1.82) is 0 Å². The summed E-state index contributed by atoms with van der Waals surface area (Å²) in [6, 6.07) is 10.9. The van der Waals surface area contributed by atoms with Crippen LogP contribution in [0.2, 0.25) is 0 Å². The summed E-state index contributed by atoms with van der Waals surface area (Å²) in [6.45, 7) is 6.21. The van der Waals surface area contributed by atoms with E-state index in [4.69, 9.17) is 0 Å². The second kappa shape index (κ2) is 6.05. The first-order valence-electron chi connectivity index (χ1n) is 6.64. The quantitative estimate of drug-likeness (QED) is 0.731. The Morgan fingerprint density at radius 1 is 1.25 bits per heavy atom. The predicted molar refractivity (Wildman–Crippen MR) is 69.6 cm³/mol. The Labute approximate surface area is 99.5 Å². The highest BCUT2D eigenvalue weighted by atomic mass is 15.1. The molecule has 1 aliphatic rings. The van der Waals surface area contributed by atoms with Gasteiger partial charge in [-0.25, -0.2) is 0 Å². The molecular formula is C15H23N. The van der Waals surface area contributed by atoms with Gasteiger partial charge < -0.3 is 4.90 Å². The van der Waals surface area contributed by atoms with E-state index in [-0.39, 0.29) is 0 Å². The molecule has 1 heteroatoms. The van der Waals surface area contributed by atoms with Crippen molar-refractivity contribution in [1.82, 2.24) is 4.90 Å². The van der Waals surface area contributed by atoms with Crippen LogP contribution in [0.3, 0.4) is 0 Å². The first-order chi connectivity index (χ1) is 7.88. The number of rotatable bonds is 5.